The lowest BCUT2D eigenvalue weighted by Crippen LogP contribution is -2.51. The minimum Gasteiger partial charge on any atom is -0.395 e. The Morgan fingerprint density at radius 2 is 2.29 bits per heavy atom. The third-order valence-corrected chi connectivity index (χ3v) is 4.31. The molecule has 3 N–H and O–H groups in total. The van der Waals surface area contributed by atoms with E-state index >= 15 is 0 Å². The molecule has 5 nitrogen and oxygen atoms in total. The summed E-state index contributed by atoms with van der Waals surface area (Å²) in [5.74, 6) is 0.403. The Labute approximate surface area is 84.8 Å². The van der Waals surface area contributed by atoms with Gasteiger partial charge >= 0.3 is 0 Å². The number of hydrogen-bond acceptors (Lipinski definition) is 5. The minimum absolute atomic E-state index is 0.00588. The Kier molecular flexibility index (Phi) is 3.88. The molecular formula is C8H18N2O3S. The van der Waals surface area contributed by atoms with E-state index in [2.05, 4.69) is 0 Å². The van der Waals surface area contributed by atoms with Gasteiger partial charge in [-0.2, -0.15) is 0 Å². The van der Waals surface area contributed by atoms with Crippen molar-refractivity contribution in [2.24, 2.45) is 5.73 Å². The lowest BCUT2D eigenvalue weighted by molar-refractivity contribution is 0.177. The van der Waals surface area contributed by atoms with Gasteiger partial charge in [-0.15, -0.1) is 0 Å². The van der Waals surface area contributed by atoms with E-state index in [9.17, 15) is 8.42 Å². The van der Waals surface area contributed by atoms with Crippen LogP contribution in [0, 0.1) is 0 Å². The van der Waals surface area contributed by atoms with Crippen molar-refractivity contribution in [3.8, 4) is 0 Å². The molecule has 0 aromatic carbocycles. The molecule has 2 atom stereocenters. The summed E-state index contributed by atoms with van der Waals surface area (Å²) in [7, 11) is -2.85. The molecule has 0 radical (unpaired) electrons. The van der Waals surface area contributed by atoms with E-state index in [1.165, 1.54) is 0 Å². The molecule has 14 heavy (non-hydrogen) atoms. The molecule has 0 aliphatic carbocycles. The Morgan fingerprint density at radius 3 is 2.79 bits per heavy atom. The number of rotatable bonds is 3. The molecule has 0 saturated carbocycles. The van der Waals surface area contributed by atoms with Gasteiger partial charge in [0.15, 0.2) is 9.84 Å². The lowest BCUT2D eigenvalue weighted by Gasteiger charge is -2.34. The highest BCUT2D eigenvalue weighted by molar-refractivity contribution is 7.91. The van der Waals surface area contributed by atoms with Crippen molar-refractivity contribution >= 4 is 9.84 Å². The summed E-state index contributed by atoms with van der Waals surface area (Å²) < 4.78 is 22.5. The fourth-order valence-corrected chi connectivity index (χ4v) is 3.29. The zero-order valence-corrected chi connectivity index (χ0v) is 9.20. The standard InChI is InChI=1S/C8H18N2O3S/c1-7-6-14(12,13)3-2-10(7)4-8(9)5-11/h7-8,11H,2-6,9H2,1H3. The summed E-state index contributed by atoms with van der Waals surface area (Å²) in [5, 5.41) is 8.78. The summed E-state index contributed by atoms with van der Waals surface area (Å²) in [6.07, 6.45) is 0. The normalized spacial score (nSPS) is 30.1. The van der Waals surface area contributed by atoms with Crippen molar-refractivity contribution in [2.45, 2.75) is 19.0 Å². The number of nitrogens with zero attached hydrogens (tertiary/aromatic N) is 1. The van der Waals surface area contributed by atoms with Crippen LogP contribution in [-0.2, 0) is 9.84 Å². The first-order valence-corrected chi connectivity index (χ1v) is 6.57. The van der Waals surface area contributed by atoms with Crippen molar-refractivity contribution in [3.63, 3.8) is 0 Å². The molecule has 6 heteroatoms. The average Bonchev–Trinajstić information content (AvgIpc) is 2.09. The van der Waals surface area contributed by atoms with Crippen molar-refractivity contribution in [3.05, 3.63) is 0 Å². The Hall–Kier alpha value is -0.170. The van der Waals surface area contributed by atoms with Crippen molar-refractivity contribution < 1.29 is 13.5 Å². The first-order chi connectivity index (χ1) is 6.44. The molecule has 2 unspecified atom stereocenters. The van der Waals surface area contributed by atoms with Gasteiger partial charge in [0.25, 0.3) is 0 Å². The fraction of sp³-hybridized carbons (Fsp3) is 1.00. The summed E-state index contributed by atoms with van der Waals surface area (Å²) in [6, 6.07) is -0.274. The highest BCUT2D eigenvalue weighted by atomic mass is 32.2. The molecule has 1 aliphatic heterocycles. The average molecular weight is 222 g/mol. The van der Waals surface area contributed by atoms with Gasteiger partial charge in [-0.25, -0.2) is 8.42 Å². The molecule has 0 bridgehead atoms. The van der Waals surface area contributed by atoms with E-state index in [1.807, 2.05) is 11.8 Å². The van der Waals surface area contributed by atoms with Gasteiger partial charge in [-0.05, 0) is 6.92 Å². The summed E-state index contributed by atoms with van der Waals surface area (Å²) >= 11 is 0. The van der Waals surface area contributed by atoms with Gasteiger partial charge in [0.1, 0.15) is 0 Å². The second-order valence-electron chi connectivity index (χ2n) is 3.90. The van der Waals surface area contributed by atoms with Crippen molar-refractivity contribution in [1.82, 2.24) is 4.90 Å². The van der Waals surface area contributed by atoms with E-state index in [4.69, 9.17) is 10.8 Å². The van der Waals surface area contributed by atoms with Crippen LogP contribution in [0.1, 0.15) is 6.92 Å². The third-order valence-electron chi connectivity index (χ3n) is 2.51. The number of sulfone groups is 1. The van der Waals surface area contributed by atoms with Gasteiger partial charge < -0.3 is 10.8 Å². The topological polar surface area (TPSA) is 83.6 Å². The number of hydrogen-bond donors (Lipinski definition) is 2. The highest BCUT2D eigenvalue weighted by Gasteiger charge is 2.28. The first-order valence-electron chi connectivity index (χ1n) is 4.75. The molecule has 1 aliphatic rings. The second-order valence-corrected chi connectivity index (χ2v) is 6.13. The lowest BCUT2D eigenvalue weighted by atomic mass is 10.2. The molecule has 1 fully saturated rings. The first kappa shape index (κ1) is 11.9. The maximum atomic E-state index is 11.3. The van der Waals surface area contributed by atoms with Crippen LogP contribution in [0.15, 0.2) is 0 Å². The number of nitrogens with two attached hydrogens (primary N) is 1. The van der Waals surface area contributed by atoms with E-state index in [-0.39, 0.29) is 30.2 Å². The van der Waals surface area contributed by atoms with E-state index in [0.29, 0.717) is 13.1 Å². The molecule has 0 amide bonds. The predicted molar refractivity (Wildman–Crippen MR) is 54.8 cm³/mol. The van der Waals surface area contributed by atoms with Crippen LogP contribution in [0.5, 0.6) is 0 Å². The van der Waals surface area contributed by atoms with Gasteiger partial charge in [-0.1, -0.05) is 0 Å². The van der Waals surface area contributed by atoms with E-state index in [0.717, 1.165) is 0 Å². The maximum Gasteiger partial charge on any atom is 0.153 e. The van der Waals surface area contributed by atoms with Crippen LogP contribution in [-0.4, -0.2) is 61.7 Å². The van der Waals surface area contributed by atoms with Gasteiger partial charge in [0.05, 0.1) is 18.1 Å². The third kappa shape index (κ3) is 3.20. The van der Waals surface area contributed by atoms with Gasteiger partial charge in [0, 0.05) is 25.2 Å². The molecule has 1 heterocycles. The van der Waals surface area contributed by atoms with E-state index < -0.39 is 9.84 Å². The molecule has 1 saturated heterocycles. The second kappa shape index (κ2) is 4.57. The van der Waals surface area contributed by atoms with Crippen molar-refractivity contribution in [1.29, 1.82) is 0 Å². The predicted octanol–water partition coefficient (Wildman–Crippen LogP) is -1.58. The maximum absolute atomic E-state index is 11.3. The van der Waals surface area contributed by atoms with Crippen LogP contribution in [0.4, 0.5) is 0 Å². The van der Waals surface area contributed by atoms with Crippen LogP contribution in [0.25, 0.3) is 0 Å². The van der Waals surface area contributed by atoms with Gasteiger partial charge in [0.2, 0.25) is 0 Å². The highest BCUT2D eigenvalue weighted by Crippen LogP contribution is 2.11. The minimum atomic E-state index is -2.85. The monoisotopic (exact) mass is 222 g/mol. The molecule has 84 valence electrons. The van der Waals surface area contributed by atoms with Crippen LogP contribution < -0.4 is 5.73 Å². The zero-order valence-electron chi connectivity index (χ0n) is 8.39. The van der Waals surface area contributed by atoms with Crippen LogP contribution >= 0.6 is 0 Å². The Morgan fingerprint density at radius 1 is 1.64 bits per heavy atom. The van der Waals surface area contributed by atoms with Crippen molar-refractivity contribution in [2.75, 3.05) is 31.2 Å². The van der Waals surface area contributed by atoms with E-state index in [1.54, 1.807) is 0 Å². The summed E-state index contributed by atoms with van der Waals surface area (Å²) in [4.78, 5) is 2.02. The largest absolute Gasteiger partial charge is 0.395 e. The summed E-state index contributed by atoms with van der Waals surface area (Å²) in [6.45, 7) is 2.90. The molecule has 1 rings (SSSR count). The Balaban J connectivity index is 2.50. The molecule has 0 aromatic rings. The Bertz CT molecular complexity index is 278. The quantitative estimate of drug-likeness (QED) is 0.602. The molecule has 0 spiro atoms. The number of aliphatic hydroxyl groups excluding tert-OH is 1. The zero-order chi connectivity index (χ0) is 10.8. The van der Waals surface area contributed by atoms with Crippen LogP contribution in [0.3, 0.4) is 0 Å². The summed E-state index contributed by atoms with van der Waals surface area (Å²) in [5.41, 5.74) is 5.59. The van der Waals surface area contributed by atoms with Crippen LogP contribution in [0.2, 0.25) is 0 Å². The fourth-order valence-electron chi connectivity index (χ4n) is 1.66. The number of aliphatic hydroxyl groups is 1. The molecule has 0 aromatic heterocycles. The van der Waals surface area contributed by atoms with Gasteiger partial charge in [-0.3, -0.25) is 4.90 Å². The SMILES string of the molecule is CC1CS(=O)(=O)CCN1CC(N)CO. The smallest absolute Gasteiger partial charge is 0.153 e. The molecular weight excluding hydrogens is 204 g/mol.